The molecule has 0 saturated carbocycles. The predicted molar refractivity (Wildman–Crippen MR) is 66.0 cm³/mol. The molecule has 96 valence electrons. The third-order valence-corrected chi connectivity index (χ3v) is 3.14. The van der Waals surface area contributed by atoms with E-state index in [1.54, 1.807) is 7.05 Å². The van der Waals surface area contributed by atoms with Crippen LogP contribution in [0, 0.1) is 0 Å². The molecule has 0 aromatic carbocycles. The van der Waals surface area contributed by atoms with Gasteiger partial charge in [-0.1, -0.05) is 11.2 Å². The number of amides is 1. The monoisotopic (exact) mass is 267 g/mol. The van der Waals surface area contributed by atoms with Gasteiger partial charge in [-0.25, -0.2) is 0 Å². The Balaban J connectivity index is 2.01. The normalized spacial score (nSPS) is 10.6. The van der Waals surface area contributed by atoms with Crippen molar-refractivity contribution >= 4 is 17.2 Å². The lowest BCUT2D eigenvalue weighted by molar-refractivity contribution is -0.134. The summed E-state index contributed by atoms with van der Waals surface area (Å²) < 4.78 is 9.87. The van der Waals surface area contributed by atoms with Gasteiger partial charge in [0.15, 0.2) is 0 Å². The fourth-order valence-electron chi connectivity index (χ4n) is 1.35. The molecule has 0 saturated heterocycles. The number of hydrogen-bond donors (Lipinski definition) is 0. The van der Waals surface area contributed by atoms with Crippen LogP contribution in [0.5, 0.6) is 0 Å². The molecule has 6 nitrogen and oxygen atoms in total. The highest BCUT2D eigenvalue weighted by Gasteiger charge is 2.14. The zero-order chi connectivity index (χ0) is 13.0. The first-order valence-corrected chi connectivity index (χ1v) is 6.18. The van der Waals surface area contributed by atoms with Crippen LogP contribution in [0.2, 0.25) is 0 Å². The number of carbonyl (C=O) groups is 1. The third kappa shape index (κ3) is 2.93. The zero-order valence-electron chi connectivity index (χ0n) is 10.1. The quantitative estimate of drug-likeness (QED) is 0.819. The van der Waals surface area contributed by atoms with Gasteiger partial charge >= 0.3 is 0 Å². The number of carbonyl (C=O) groups excluding carboxylic acids is 1. The number of aromatic nitrogens is 2. The average Bonchev–Trinajstić information content (AvgIpc) is 2.98. The van der Waals surface area contributed by atoms with Crippen LogP contribution in [-0.2, 0) is 16.1 Å². The smallest absolute Gasteiger partial charge is 0.248 e. The van der Waals surface area contributed by atoms with Crippen molar-refractivity contribution in [2.24, 2.45) is 0 Å². The first-order chi connectivity index (χ1) is 8.70. The number of hydrogen-bond acceptors (Lipinski definition) is 6. The Morgan fingerprint density at radius 2 is 2.44 bits per heavy atom. The minimum absolute atomic E-state index is 0.0441. The van der Waals surface area contributed by atoms with Crippen LogP contribution in [0.4, 0.5) is 0 Å². The van der Waals surface area contributed by atoms with Crippen LogP contribution < -0.4 is 0 Å². The Labute approximate surface area is 108 Å². The van der Waals surface area contributed by atoms with Crippen molar-refractivity contribution in [2.45, 2.75) is 6.54 Å². The van der Waals surface area contributed by atoms with E-state index in [2.05, 4.69) is 10.1 Å². The van der Waals surface area contributed by atoms with Gasteiger partial charge in [0.2, 0.25) is 17.6 Å². The maximum absolute atomic E-state index is 11.5. The molecule has 2 rings (SSSR count). The number of nitrogens with zero attached hydrogens (tertiary/aromatic N) is 3. The summed E-state index contributed by atoms with van der Waals surface area (Å²) in [5, 5.41) is 5.82. The van der Waals surface area contributed by atoms with E-state index in [4.69, 9.17) is 9.26 Å². The molecule has 0 radical (unpaired) electrons. The van der Waals surface area contributed by atoms with E-state index in [9.17, 15) is 4.79 Å². The van der Waals surface area contributed by atoms with Crippen LogP contribution in [0.15, 0.2) is 22.0 Å². The van der Waals surface area contributed by atoms with Crippen molar-refractivity contribution in [1.29, 1.82) is 0 Å². The standard InChI is InChI=1S/C11H13N3O3S/c1-14(10(15)7-16-2)6-9-12-11(13-17-9)8-4-3-5-18-8/h3-5H,6-7H2,1-2H3. The van der Waals surface area contributed by atoms with Crippen molar-refractivity contribution in [3.63, 3.8) is 0 Å². The average molecular weight is 267 g/mol. The van der Waals surface area contributed by atoms with Gasteiger partial charge in [-0.15, -0.1) is 11.3 Å². The van der Waals surface area contributed by atoms with E-state index >= 15 is 0 Å². The number of methoxy groups -OCH3 is 1. The number of likely N-dealkylation sites (N-methyl/N-ethyl adjacent to an activating group) is 1. The zero-order valence-corrected chi connectivity index (χ0v) is 10.9. The molecule has 0 N–H and O–H groups in total. The second-order valence-corrected chi connectivity index (χ2v) is 4.62. The van der Waals surface area contributed by atoms with Crippen molar-refractivity contribution < 1.29 is 14.1 Å². The Morgan fingerprint density at radius 1 is 1.61 bits per heavy atom. The lowest BCUT2D eigenvalue weighted by Crippen LogP contribution is -2.29. The van der Waals surface area contributed by atoms with E-state index in [1.165, 1.54) is 23.3 Å². The molecule has 7 heteroatoms. The summed E-state index contributed by atoms with van der Waals surface area (Å²) in [4.78, 5) is 18.2. The van der Waals surface area contributed by atoms with E-state index in [1.807, 2.05) is 17.5 Å². The maximum atomic E-state index is 11.5. The first-order valence-electron chi connectivity index (χ1n) is 5.30. The van der Waals surface area contributed by atoms with E-state index in [0.717, 1.165) is 4.88 Å². The molecule has 18 heavy (non-hydrogen) atoms. The van der Waals surface area contributed by atoms with E-state index < -0.39 is 0 Å². The van der Waals surface area contributed by atoms with Gasteiger partial charge in [-0.3, -0.25) is 4.79 Å². The van der Waals surface area contributed by atoms with Crippen LogP contribution in [-0.4, -0.2) is 41.7 Å². The van der Waals surface area contributed by atoms with Crippen molar-refractivity contribution in [3.05, 3.63) is 23.4 Å². The summed E-state index contributed by atoms with van der Waals surface area (Å²) in [7, 11) is 3.14. The Bertz CT molecular complexity index is 509. The summed E-state index contributed by atoms with van der Waals surface area (Å²) >= 11 is 1.54. The van der Waals surface area contributed by atoms with Gasteiger partial charge in [0.05, 0.1) is 11.4 Å². The van der Waals surface area contributed by atoms with Crippen molar-refractivity contribution in [3.8, 4) is 10.7 Å². The van der Waals surface area contributed by atoms with E-state index in [-0.39, 0.29) is 19.1 Å². The van der Waals surface area contributed by atoms with Gasteiger partial charge < -0.3 is 14.2 Å². The lowest BCUT2D eigenvalue weighted by atomic mass is 10.4. The molecule has 0 aliphatic carbocycles. The van der Waals surface area contributed by atoms with Crippen molar-refractivity contribution in [1.82, 2.24) is 15.0 Å². The van der Waals surface area contributed by atoms with Crippen LogP contribution in [0.3, 0.4) is 0 Å². The van der Waals surface area contributed by atoms with Crippen LogP contribution >= 0.6 is 11.3 Å². The molecule has 2 aromatic rings. The van der Waals surface area contributed by atoms with Gasteiger partial charge in [0.25, 0.3) is 0 Å². The number of thiophene rings is 1. The minimum Gasteiger partial charge on any atom is -0.375 e. The number of ether oxygens (including phenoxy) is 1. The molecule has 2 aromatic heterocycles. The molecule has 0 aliphatic rings. The molecule has 2 heterocycles. The molecular weight excluding hydrogens is 254 g/mol. The van der Waals surface area contributed by atoms with Gasteiger partial charge in [-0.2, -0.15) is 4.98 Å². The molecule has 1 amide bonds. The fraction of sp³-hybridized carbons (Fsp3) is 0.364. The highest BCUT2D eigenvalue weighted by Crippen LogP contribution is 2.21. The van der Waals surface area contributed by atoms with Crippen LogP contribution in [0.25, 0.3) is 10.7 Å². The first kappa shape index (κ1) is 12.7. The molecule has 0 spiro atoms. The Morgan fingerprint density at radius 3 is 3.11 bits per heavy atom. The van der Waals surface area contributed by atoms with E-state index in [0.29, 0.717) is 11.7 Å². The molecule has 0 fully saturated rings. The van der Waals surface area contributed by atoms with Gasteiger partial charge in [0.1, 0.15) is 6.61 Å². The molecule has 0 atom stereocenters. The number of rotatable bonds is 5. The van der Waals surface area contributed by atoms with Gasteiger partial charge in [0, 0.05) is 14.2 Å². The lowest BCUT2D eigenvalue weighted by Gasteiger charge is -2.13. The summed E-state index contributed by atoms with van der Waals surface area (Å²) in [5.74, 6) is 0.825. The Hall–Kier alpha value is -1.73. The Kier molecular flexibility index (Phi) is 4.06. The maximum Gasteiger partial charge on any atom is 0.248 e. The fourth-order valence-corrected chi connectivity index (χ4v) is 2.00. The summed E-state index contributed by atoms with van der Waals surface area (Å²) in [6, 6.07) is 3.84. The summed E-state index contributed by atoms with van der Waals surface area (Å²) in [6.45, 7) is 0.322. The molecular formula is C11H13N3O3S. The van der Waals surface area contributed by atoms with Crippen LogP contribution in [0.1, 0.15) is 5.89 Å². The van der Waals surface area contributed by atoms with Gasteiger partial charge in [-0.05, 0) is 11.4 Å². The summed E-state index contributed by atoms with van der Waals surface area (Å²) in [6.07, 6.45) is 0. The largest absolute Gasteiger partial charge is 0.375 e. The van der Waals surface area contributed by atoms with Crippen molar-refractivity contribution in [2.75, 3.05) is 20.8 Å². The topological polar surface area (TPSA) is 68.5 Å². The molecule has 0 bridgehead atoms. The predicted octanol–water partition coefficient (Wildman–Crippen LogP) is 1.40. The summed E-state index contributed by atoms with van der Waals surface area (Å²) in [5.41, 5.74) is 0. The second kappa shape index (κ2) is 5.74. The molecule has 0 unspecified atom stereocenters. The minimum atomic E-state index is -0.131. The highest BCUT2D eigenvalue weighted by molar-refractivity contribution is 7.13. The second-order valence-electron chi connectivity index (χ2n) is 3.67. The SMILES string of the molecule is COCC(=O)N(C)Cc1nc(-c2cccs2)no1. The highest BCUT2D eigenvalue weighted by atomic mass is 32.1. The third-order valence-electron chi connectivity index (χ3n) is 2.28. The molecule has 0 aliphatic heterocycles.